The van der Waals surface area contributed by atoms with Crippen molar-refractivity contribution >= 4 is 11.6 Å². The summed E-state index contributed by atoms with van der Waals surface area (Å²) in [7, 11) is 3.21. The number of carbonyl (C=O) groups is 1. The predicted molar refractivity (Wildman–Crippen MR) is 138 cm³/mol. The zero-order chi connectivity index (χ0) is 25.3. The minimum atomic E-state index is -0.161. The van der Waals surface area contributed by atoms with Gasteiger partial charge in [-0.15, -0.1) is 0 Å². The van der Waals surface area contributed by atoms with E-state index in [1.165, 1.54) is 5.56 Å². The molecule has 1 saturated heterocycles. The number of ether oxygens (including phenoxy) is 2. The SMILES string of the molecule is COc1ccc(-c2ccnc3cc(C(=O)N4CCN(Cc5ccccc5)C(C)(C)C4)nn23)cc1OC. The standard InChI is InChI=1S/C28H31N5O3/c1-28(2)19-31(14-15-32(28)18-20-8-6-5-7-9-20)27(34)22-17-26-29-13-12-23(33(26)30-22)21-10-11-24(35-3)25(16-21)36-4/h5-13,16-17H,14-15,18-19H2,1-4H3. The average Bonchev–Trinajstić information content (AvgIpc) is 3.34. The van der Waals surface area contributed by atoms with Gasteiger partial charge < -0.3 is 14.4 Å². The normalized spacial score (nSPS) is 15.7. The highest BCUT2D eigenvalue weighted by atomic mass is 16.5. The number of hydrogen-bond acceptors (Lipinski definition) is 6. The molecule has 1 aliphatic heterocycles. The second-order valence-electron chi connectivity index (χ2n) is 9.65. The lowest BCUT2D eigenvalue weighted by molar-refractivity contribution is 0.0135. The van der Waals surface area contributed by atoms with Crippen molar-refractivity contribution in [2.75, 3.05) is 33.9 Å². The zero-order valence-corrected chi connectivity index (χ0v) is 21.1. The van der Waals surface area contributed by atoms with Crippen molar-refractivity contribution in [3.05, 3.63) is 78.1 Å². The number of methoxy groups -OCH3 is 2. The van der Waals surface area contributed by atoms with E-state index in [1.54, 1.807) is 31.0 Å². The van der Waals surface area contributed by atoms with Crippen LogP contribution in [0.5, 0.6) is 11.5 Å². The Morgan fingerprint density at radius 3 is 2.47 bits per heavy atom. The average molecular weight is 486 g/mol. The third kappa shape index (κ3) is 4.52. The number of fused-ring (bicyclic) bond motifs is 1. The minimum Gasteiger partial charge on any atom is -0.493 e. The third-order valence-corrected chi connectivity index (χ3v) is 6.83. The number of aromatic nitrogens is 3. The smallest absolute Gasteiger partial charge is 0.274 e. The highest BCUT2D eigenvalue weighted by Gasteiger charge is 2.36. The molecule has 36 heavy (non-hydrogen) atoms. The van der Waals surface area contributed by atoms with E-state index in [0.717, 1.165) is 24.3 Å². The number of amides is 1. The number of benzene rings is 2. The first-order chi connectivity index (χ1) is 17.4. The van der Waals surface area contributed by atoms with Crippen LogP contribution < -0.4 is 9.47 Å². The van der Waals surface area contributed by atoms with Crippen LogP contribution in [0.2, 0.25) is 0 Å². The van der Waals surface area contributed by atoms with Crippen LogP contribution in [0.3, 0.4) is 0 Å². The number of nitrogens with zero attached hydrogens (tertiary/aromatic N) is 5. The summed E-state index contributed by atoms with van der Waals surface area (Å²) in [4.78, 5) is 22.3. The van der Waals surface area contributed by atoms with Crippen LogP contribution in [0.25, 0.3) is 16.9 Å². The van der Waals surface area contributed by atoms with Crippen molar-refractivity contribution in [3.8, 4) is 22.8 Å². The van der Waals surface area contributed by atoms with E-state index < -0.39 is 0 Å². The monoisotopic (exact) mass is 485 g/mol. The molecule has 3 heterocycles. The fourth-order valence-corrected chi connectivity index (χ4v) is 4.84. The number of carbonyl (C=O) groups excluding carboxylic acids is 1. The van der Waals surface area contributed by atoms with Crippen LogP contribution in [0.1, 0.15) is 29.9 Å². The Hall–Kier alpha value is -3.91. The number of rotatable bonds is 6. The van der Waals surface area contributed by atoms with Crippen LogP contribution in [-0.4, -0.2) is 69.7 Å². The first-order valence-corrected chi connectivity index (χ1v) is 12.0. The molecule has 5 rings (SSSR count). The summed E-state index contributed by atoms with van der Waals surface area (Å²) in [6.07, 6.45) is 1.72. The van der Waals surface area contributed by atoms with Gasteiger partial charge >= 0.3 is 0 Å². The Balaban J connectivity index is 1.39. The fourth-order valence-electron chi connectivity index (χ4n) is 4.84. The van der Waals surface area contributed by atoms with Gasteiger partial charge in [-0.25, -0.2) is 9.50 Å². The summed E-state index contributed by atoms with van der Waals surface area (Å²) in [6, 6.07) is 19.8. The van der Waals surface area contributed by atoms with Gasteiger partial charge in [0.05, 0.1) is 19.9 Å². The molecule has 0 N–H and O–H groups in total. The van der Waals surface area contributed by atoms with Gasteiger partial charge in [-0.2, -0.15) is 5.10 Å². The molecule has 0 spiro atoms. The van der Waals surface area contributed by atoms with Gasteiger partial charge in [0.25, 0.3) is 5.91 Å². The topological polar surface area (TPSA) is 72.2 Å². The summed E-state index contributed by atoms with van der Waals surface area (Å²) in [6.45, 7) is 7.33. The molecule has 186 valence electrons. The maximum atomic E-state index is 13.5. The van der Waals surface area contributed by atoms with Crippen LogP contribution in [0.4, 0.5) is 0 Å². The molecule has 0 bridgehead atoms. The number of piperazine rings is 1. The highest BCUT2D eigenvalue weighted by Crippen LogP contribution is 2.32. The fraction of sp³-hybridized carbons (Fsp3) is 0.321. The van der Waals surface area contributed by atoms with Crippen molar-refractivity contribution in [1.29, 1.82) is 0 Å². The predicted octanol–water partition coefficient (Wildman–Crippen LogP) is 4.15. The van der Waals surface area contributed by atoms with Crippen LogP contribution in [0, 0.1) is 0 Å². The van der Waals surface area contributed by atoms with E-state index in [4.69, 9.17) is 9.47 Å². The Morgan fingerprint density at radius 2 is 1.75 bits per heavy atom. The molecular formula is C28H31N5O3. The molecule has 0 atom stereocenters. The van der Waals surface area contributed by atoms with Gasteiger partial charge in [0.1, 0.15) is 0 Å². The van der Waals surface area contributed by atoms with E-state index in [0.29, 0.717) is 35.9 Å². The van der Waals surface area contributed by atoms with Gasteiger partial charge in [0.2, 0.25) is 0 Å². The molecule has 2 aromatic carbocycles. The Morgan fingerprint density at radius 1 is 0.972 bits per heavy atom. The Bertz CT molecular complexity index is 1380. The van der Waals surface area contributed by atoms with E-state index in [9.17, 15) is 4.79 Å². The van der Waals surface area contributed by atoms with Gasteiger partial charge in [-0.3, -0.25) is 9.69 Å². The molecule has 0 unspecified atom stereocenters. The Labute approximate surface area is 211 Å². The van der Waals surface area contributed by atoms with Crippen LogP contribution in [-0.2, 0) is 6.54 Å². The van der Waals surface area contributed by atoms with Crippen LogP contribution >= 0.6 is 0 Å². The summed E-state index contributed by atoms with van der Waals surface area (Å²) in [5.41, 5.74) is 3.83. The Kier molecular flexibility index (Phi) is 6.36. The molecule has 1 amide bonds. The lowest BCUT2D eigenvalue weighted by Gasteiger charge is -2.47. The minimum absolute atomic E-state index is 0.0776. The van der Waals surface area contributed by atoms with Gasteiger partial charge in [0.15, 0.2) is 22.8 Å². The van der Waals surface area contributed by atoms with Crippen molar-refractivity contribution in [2.24, 2.45) is 0 Å². The van der Waals surface area contributed by atoms with Crippen molar-refractivity contribution in [1.82, 2.24) is 24.4 Å². The molecule has 0 saturated carbocycles. The molecule has 1 fully saturated rings. The van der Waals surface area contributed by atoms with E-state index in [2.05, 4.69) is 53.1 Å². The molecule has 4 aromatic rings. The van der Waals surface area contributed by atoms with Crippen LogP contribution in [0.15, 0.2) is 66.9 Å². The maximum absolute atomic E-state index is 13.5. The van der Waals surface area contributed by atoms with Gasteiger partial charge in [-0.05, 0) is 43.7 Å². The molecule has 2 aromatic heterocycles. The molecule has 0 radical (unpaired) electrons. The lowest BCUT2D eigenvalue weighted by atomic mass is 9.97. The third-order valence-electron chi connectivity index (χ3n) is 6.83. The highest BCUT2D eigenvalue weighted by molar-refractivity contribution is 5.93. The summed E-state index contributed by atoms with van der Waals surface area (Å²) in [5.74, 6) is 1.20. The summed E-state index contributed by atoms with van der Waals surface area (Å²) < 4.78 is 12.5. The molecule has 8 heteroatoms. The second-order valence-corrected chi connectivity index (χ2v) is 9.65. The van der Waals surface area contributed by atoms with E-state index in [1.807, 2.05) is 35.2 Å². The van der Waals surface area contributed by atoms with Gasteiger partial charge in [-0.1, -0.05) is 30.3 Å². The largest absolute Gasteiger partial charge is 0.493 e. The molecule has 0 aliphatic carbocycles. The van der Waals surface area contributed by atoms with Crippen molar-refractivity contribution in [3.63, 3.8) is 0 Å². The first kappa shape index (κ1) is 23.8. The lowest BCUT2D eigenvalue weighted by Crippen LogP contribution is -2.60. The van der Waals surface area contributed by atoms with E-state index >= 15 is 0 Å². The summed E-state index contributed by atoms with van der Waals surface area (Å²) in [5, 5.41) is 4.67. The quantitative estimate of drug-likeness (QED) is 0.409. The summed E-state index contributed by atoms with van der Waals surface area (Å²) >= 11 is 0. The molecule has 8 nitrogen and oxygen atoms in total. The van der Waals surface area contributed by atoms with Crippen molar-refractivity contribution < 1.29 is 14.3 Å². The van der Waals surface area contributed by atoms with Crippen molar-refractivity contribution in [2.45, 2.75) is 25.9 Å². The van der Waals surface area contributed by atoms with E-state index in [-0.39, 0.29) is 11.4 Å². The van der Waals surface area contributed by atoms with Gasteiger partial charge in [0, 0.05) is 49.5 Å². The number of hydrogen-bond donors (Lipinski definition) is 0. The molecule has 1 aliphatic rings. The molecular weight excluding hydrogens is 454 g/mol. The second kappa shape index (κ2) is 9.62. The maximum Gasteiger partial charge on any atom is 0.274 e. The first-order valence-electron chi connectivity index (χ1n) is 12.0. The zero-order valence-electron chi connectivity index (χ0n) is 21.1.